The van der Waals surface area contributed by atoms with E-state index in [0.29, 0.717) is 12.6 Å². The number of aliphatic hydroxyl groups is 1. The lowest BCUT2D eigenvalue weighted by atomic mass is 9.83. The molecule has 0 amide bonds. The monoisotopic (exact) mass is 270 g/mol. The SMILES string of the molecule is CCCN1CCCC(NCC(CC)(CC)CO)CC1. The van der Waals surface area contributed by atoms with Crippen molar-refractivity contribution in [2.24, 2.45) is 5.41 Å². The van der Waals surface area contributed by atoms with E-state index in [1.165, 1.54) is 45.3 Å². The molecule has 0 aliphatic carbocycles. The van der Waals surface area contributed by atoms with Gasteiger partial charge in [-0.1, -0.05) is 20.8 Å². The van der Waals surface area contributed by atoms with Gasteiger partial charge in [0.15, 0.2) is 0 Å². The predicted molar refractivity (Wildman–Crippen MR) is 82.5 cm³/mol. The zero-order valence-electron chi connectivity index (χ0n) is 13.2. The van der Waals surface area contributed by atoms with Gasteiger partial charge in [-0.15, -0.1) is 0 Å². The first-order valence-corrected chi connectivity index (χ1v) is 8.26. The molecule has 3 heteroatoms. The molecular weight excluding hydrogens is 236 g/mol. The molecule has 1 heterocycles. The second-order valence-corrected chi connectivity index (χ2v) is 6.22. The number of rotatable bonds is 8. The zero-order valence-corrected chi connectivity index (χ0v) is 13.2. The third kappa shape index (κ3) is 5.41. The van der Waals surface area contributed by atoms with Crippen molar-refractivity contribution in [2.45, 2.75) is 65.3 Å². The molecule has 2 N–H and O–H groups in total. The summed E-state index contributed by atoms with van der Waals surface area (Å²) in [4.78, 5) is 2.60. The van der Waals surface area contributed by atoms with E-state index >= 15 is 0 Å². The van der Waals surface area contributed by atoms with Crippen molar-refractivity contribution in [3.63, 3.8) is 0 Å². The lowest BCUT2D eigenvalue weighted by Gasteiger charge is -2.32. The summed E-state index contributed by atoms with van der Waals surface area (Å²) in [5, 5.41) is 13.4. The Morgan fingerprint density at radius 2 is 1.89 bits per heavy atom. The van der Waals surface area contributed by atoms with Crippen molar-refractivity contribution < 1.29 is 5.11 Å². The molecule has 0 aromatic heterocycles. The van der Waals surface area contributed by atoms with Gasteiger partial charge in [0.05, 0.1) is 0 Å². The van der Waals surface area contributed by atoms with Crippen LogP contribution in [-0.2, 0) is 0 Å². The summed E-state index contributed by atoms with van der Waals surface area (Å²) in [6.07, 6.45) is 7.23. The third-order valence-corrected chi connectivity index (χ3v) is 4.96. The topological polar surface area (TPSA) is 35.5 Å². The van der Waals surface area contributed by atoms with Crippen LogP contribution in [0, 0.1) is 5.41 Å². The molecule has 0 aromatic rings. The third-order valence-electron chi connectivity index (χ3n) is 4.96. The molecule has 0 radical (unpaired) electrons. The van der Waals surface area contributed by atoms with Crippen LogP contribution < -0.4 is 5.32 Å². The van der Waals surface area contributed by atoms with Crippen molar-refractivity contribution in [3.8, 4) is 0 Å². The largest absolute Gasteiger partial charge is 0.396 e. The molecule has 3 nitrogen and oxygen atoms in total. The first-order valence-electron chi connectivity index (χ1n) is 8.26. The average Bonchev–Trinajstić information content (AvgIpc) is 2.67. The minimum Gasteiger partial charge on any atom is -0.396 e. The van der Waals surface area contributed by atoms with Crippen LogP contribution in [0.3, 0.4) is 0 Å². The van der Waals surface area contributed by atoms with Crippen LogP contribution in [0.5, 0.6) is 0 Å². The fourth-order valence-electron chi connectivity index (χ4n) is 3.04. The maximum Gasteiger partial charge on any atom is 0.0499 e. The minimum atomic E-state index is 0.0927. The van der Waals surface area contributed by atoms with Gasteiger partial charge >= 0.3 is 0 Å². The molecule has 1 fully saturated rings. The van der Waals surface area contributed by atoms with Gasteiger partial charge in [-0.3, -0.25) is 0 Å². The fourth-order valence-corrected chi connectivity index (χ4v) is 3.04. The Balaban J connectivity index is 2.37. The zero-order chi connectivity index (χ0) is 14.1. The van der Waals surface area contributed by atoms with Crippen LogP contribution in [0.15, 0.2) is 0 Å². The highest BCUT2D eigenvalue weighted by atomic mass is 16.3. The standard InChI is InChI=1S/C16H34N2O/c1-4-10-18-11-7-8-15(9-12-18)17-13-16(5-2,6-3)14-19/h15,17,19H,4-14H2,1-3H3. The summed E-state index contributed by atoms with van der Waals surface area (Å²) < 4.78 is 0. The average molecular weight is 270 g/mol. The van der Waals surface area contributed by atoms with E-state index in [9.17, 15) is 5.11 Å². The summed E-state index contributed by atoms with van der Waals surface area (Å²) in [6, 6.07) is 0.644. The van der Waals surface area contributed by atoms with Crippen molar-refractivity contribution in [3.05, 3.63) is 0 Å². The highest BCUT2D eigenvalue weighted by Gasteiger charge is 2.26. The van der Waals surface area contributed by atoms with Crippen LogP contribution in [-0.4, -0.2) is 48.8 Å². The summed E-state index contributed by atoms with van der Waals surface area (Å²) in [5.74, 6) is 0. The maximum absolute atomic E-state index is 9.63. The minimum absolute atomic E-state index is 0.0927. The Kier molecular flexibility index (Phi) is 7.96. The quantitative estimate of drug-likeness (QED) is 0.712. The van der Waals surface area contributed by atoms with Gasteiger partial charge in [0.25, 0.3) is 0 Å². The molecule has 1 unspecified atom stereocenters. The van der Waals surface area contributed by atoms with Gasteiger partial charge in [-0.25, -0.2) is 0 Å². The van der Waals surface area contributed by atoms with Crippen LogP contribution in [0.25, 0.3) is 0 Å². The number of nitrogens with one attached hydrogen (secondary N) is 1. The highest BCUT2D eigenvalue weighted by molar-refractivity contribution is 4.82. The fraction of sp³-hybridized carbons (Fsp3) is 1.00. The number of aliphatic hydroxyl groups excluding tert-OH is 1. The van der Waals surface area contributed by atoms with Crippen molar-refractivity contribution in [1.82, 2.24) is 10.2 Å². The molecule has 1 saturated heterocycles. The normalized spacial score (nSPS) is 22.4. The van der Waals surface area contributed by atoms with Crippen molar-refractivity contribution >= 4 is 0 Å². The van der Waals surface area contributed by atoms with E-state index in [1.54, 1.807) is 0 Å². The lowest BCUT2D eigenvalue weighted by molar-refractivity contribution is 0.109. The maximum atomic E-state index is 9.63. The Morgan fingerprint density at radius 1 is 1.16 bits per heavy atom. The van der Waals surface area contributed by atoms with E-state index in [4.69, 9.17) is 0 Å². The lowest BCUT2D eigenvalue weighted by Crippen LogP contribution is -2.41. The molecule has 19 heavy (non-hydrogen) atoms. The number of nitrogens with zero attached hydrogens (tertiary/aromatic N) is 1. The highest BCUT2D eigenvalue weighted by Crippen LogP contribution is 2.25. The van der Waals surface area contributed by atoms with E-state index in [-0.39, 0.29) is 5.41 Å². The van der Waals surface area contributed by atoms with Gasteiger partial charge in [-0.2, -0.15) is 0 Å². The van der Waals surface area contributed by atoms with Gasteiger partial charge in [0.1, 0.15) is 0 Å². The summed E-state index contributed by atoms with van der Waals surface area (Å²) in [6.45, 7) is 11.7. The molecule has 1 atom stereocenters. The molecular formula is C16H34N2O. The summed E-state index contributed by atoms with van der Waals surface area (Å²) in [7, 11) is 0. The number of hydrogen-bond acceptors (Lipinski definition) is 3. The molecule has 1 rings (SSSR count). The van der Waals surface area contributed by atoms with E-state index < -0.39 is 0 Å². The van der Waals surface area contributed by atoms with Gasteiger partial charge in [-0.05, 0) is 58.2 Å². The van der Waals surface area contributed by atoms with Gasteiger partial charge in [0, 0.05) is 24.6 Å². The molecule has 1 aliphatic heterocycles. The number of hydrogen-bond donors (Lipinski definition) is 2. The van der Waals surface area contributed by atoms with Crippen LogP contribution in [0.1, 0.15) is 59.3 Å². The first-order chi connectivity index (χ1) is 9.19. The molecule has 0 aromatic carbocycles. The molecule has 114 valence electrons. The molecule has 0 saturated carbocycles. The van der Waals surface area contributed by atoms with Crippen molar-refractivity contribution in [2.75, 3.05) is 32.8 Å². The Hall–Kier alpha value is -0.120. The Labute approximate surface area is 119 Å². The smallest absolute Gasteiger partial charge is 0.0499 e. The summed E-state index contributed by atoms with van der Waals surface area (Å²) >= 11 is 0. The molecule has 0 spiro atoms. The first kappa shape index (κ1) is 16.9. The predicted octanol–water partition coefficient (Wildman–Crippen LogP) is 2.64. The molecule has 1 aliphatic rings. The van der Waals surface area contributed by atoms with E-state index in [1.807, 2.05) is 0 Å². The van der Waals surface area contributed by atoms with E-state index in [0.717, 1.165) is 19.4 Å². The van der Waals surface area contributed by atoms with Crippen LogP contribution >= 0.6 is 0 Å². The summed E-state index contributed by atoms with van der Waals surface area (Å²) in [5.41, 5.74) is 0.0927. The number of likely N-dealkylation sites (tertiary alicyclic amines) is 1. The second kappa shape index (κ2) is 8.93. The van der Waals surface area contributed by atoms with Crippen molar-refractivity contribution in [1.29, 1.82) is 0 Å². The van der Waals surface area contributed by atoms with Gasteiger partial charge in [0.2, 0.25) is 0 Å². The van der Waals surface area contributed by atoms with Crippen LogP contribution in [0.4, 0.5) is 0 Å². The molecule has 0 bridgehead atoms. The van der Waals surface area contributed by atoms with E-state index in [2.05, 4.69) is 31.0 Å². The Bertz CT molecular complexity index is 221. The Morgan fingerprint density at radius 3 is 2.47 bits per heavy atom. The van der Waals surface area contributed by atoms with Gasteiger partial charge < -0.3 is 15.3 Å². The van der Waals surface area contributed by atoms with Crippen LogP contribution in [0.2, 0.25) is 0 Å². The second-order valence-electron chi connectivity index (χ2n) is 6.22.